The summed E-state index contributed by atoms with van der Waals surface area (Å²) in [4.78, 5) is 12.2. The third kappa shape index (κ3) is 4.51. The quantitative estimate of drug-likeness (QED) is 0.532. The fourth-order valence-corrected chi connectivity index (χ4v) is 2.69. The van der Waals surface area contributed by atoms with Gasteiger partial charge in [-0.05, 0) is 29.8 Å². The van der Waals surface area contributed by atoms with E-state index in [1.54, 1.807) is 19.2 Å². The monoisotopic (exact) mass is 392 g/mol. The molecule has 1 heterocycles. The summed E-state index contributed by atoms with van der Waals surface area (Å²) >= 11 is 0. The fourth-order valence-electron chi connectivity index (χ4n) is 2.69. The van der Waals surface area contributed by atoms with E-state index in [2.05, 4.69) is 4.74 Å². The molecular weight excluding hydrogens is 374 g/mol. The third-order valence-corrected chi connectivity index (χ3v) is 4.04. The average molecular weight is 392 g/mol. The Bertz CT molecular complexity index is 966. The lowest BCUT2D eigenvalue weighted by Gasteiger charge is -2.11. The van der Waals surface area contributed by atoms with E-state index in [-0.39, 0.29) is 24.5 Å². The number of carbonyl (C=O) groups excluding carboxylic acids is 1. The first-order valence-electron chi connectivity index (χ1n) is 8.31. The number of benzene rings is 2. The maximum atomic E-state index is 12.4. The van der Waals surface area contributed by atoms with Crippen molar-refractivity contribution in [3.63, 3.8) is 0 Å². The number of ether oxygens (including phenoxy) is 4. The second-order valence-corrected chi connectivity index (χ2v) is 5.82. The van der Waals surface area contributed by atoms with Crippen molar-refractivity contribution in [2.75, 3.05) is 14.2 Å². The predicted octanol–water partition coefficient (Wildman–Crippen LogP) is 4.34. The molecule has 0 aliphatic carbocycles. The van der Waals surface area contributed by atoms with Crippen molar-refractivity contribution in [1.29, 1.82) is 0 Å². The highest BCUT2D eigenvalue weighted by Crippen LogP contribution is 2.30. The van der Waals surface area contributed by atoms with Gasteiger partial charge in [-0.15, -0.1) is 0 Å². The highest BCUT2D eigenvalue weighted by atomic mass is 19.3. The number of alkyl halides is 2. The first kappa shape index (κ1) is 19.5. The minimum Gasteiger partial charge on any atom is -0.497 e. The van der Waals surface area contributed by atoms with Crippen LogP contribution in [-0.2, 0) is 22.6 Å². The van der Waals surface area contributed by atoms with E-state index in [0.29, 0.717) is 22.5 Å². The lowest BCUT2D eigenvalue weighted by atomic mass is 10.1. The second kappa shape index (κ2) is 8.60. The van der Waals surface area contributed by atoms with Crippen molar-refractivity contribution >= 4 is 16.9 Å². The van der Waals surface area contributed by atoms with Crippen molar-refractivity contribution in [2.24, 2.45) is 0 Å². The van der Waals surface area contributed by atoms with E-state index in [9.17, 15) is 13.6 Å². The molecule has 0 bridgehead atoms. The smallest absolute Gasteiger partial charge is 0.387 e. The molecule has 0 unspecified atom stereocenters. The number of hydrogen-bond donors (Lipinski definition) is 0. The van der Waals surface area contributed by atoms with Crippen molar-refractivity contribution in [1.82, 2.24) is 0 Å². The normalized spacial score (nSPS) is 10.9. The van der Waals surface area contributed by atoms with Crippen molar-refractivity contribution in [3.8, 4) is 17.2 Å². The Morgan fingerprint density at radius 3 is 2.61 bits per heavy atom. The van der Waals surface area contributed by atoms with E-state index in [4.69, 9.17) is 18.6 Å². The van der Waals surface area contributed by atoms with Gasteiger partial charge in [0.15, 0.2) is 11.5 Å². The summed E-state index contributed by atoms with van der Waals surface area (Å²) in [5.74, 6) is 0.242. The molecular formula is C20H18F2O6. The van der Waals surface area contributed by atoms with Crippen LogP contribution >= 0.6 is 0 Å². The van der Waals surface area contributed by atoms with Gasteiger partial charge in [-0.3, -0.25) is 4.79 Å². The molecule has 0 N–H and O–H groups in total. The second-order valence-electron chi connectivity index (χ2n) is 5.82. The van der Waals surface area contributed by atoms with Gasteiger partial charge >= 0.3 is 12.6 Å². The molecule has 0 fully saturated rings. The van der Waals surface area contributed by atoms with E-state index < -0.39 is 12.6 Å². The zero-order chi connectivity index (χ0) is 20.1. The Balaban J connectivity index is 1.63. The van der Waals surface area contributed by atoms with Crippen molar-refractivity contribution in [2.45, 2.75) is 19.6 Å². The summed E-state index contributed by atoms with van der Waals surface area (Å²) < 4.78 is 50.0. The van der Waals surface area contributed by atoms with Crippen molar-refractivity contribution < 1.29 is 36.9 Å². The molecule has 6 nitrogen and oxygen atoms in total. The van der Waals surface area contributed by atoms with E-state index in [0.717, 1.165) is 5.39 Å². The first-order valence-corrected chi connectivity index (χ1v) is 8.31. The number of rotatable bonds is 8. The summed E-state index contributed by atoms with van der Waals surface area (Å²) in [5, 5.41) is 0.799. The highest BCUT2D eigenvalue weighted by Gasteiger charge is 2.14. The number of hydrogen-bond acceptors (Lipinski definition) is 6. The first-order chi connectivity index (χ1) is 13.5. The van der Waals surface area contributed by atoms with Crippen LogP contribution in [0.3, 0.4) is 0 Å². The minimum absolute atomic E-state index is 0.0308. The standard InChI is InChI=1S/C20H18F2O6/c1-24-14-4-5-15-13(11-26-17(15)9-14)8-19(23)27-10-12-3-6-16(28-20(21)22)18(7-12)25-2/h3-7,9,11,20H,8,10H2,1-2H3. The Hall–Kier alpha value is -3.29. The summed E-state index contributed by atoms with van der Waals surface area (Å²) in [7, 11) is 2.89. The molecule has 3 aromatic rings. The zero-order valence-electron chi connectivity index (χ0n) is 15.2. The lowest BCUT2D eigenvalue weighted by Crippen LogP contribution is -2.08. The van der Waals surface area contributed by atoms with Crippen LogP contribution in [-0.4, -0.2) is 26.8 Å². The van der Waals surface area contributed by atoms with Gasteiger partial charge in [-0.2, -0.15) is 8.78 Å². The van der Waals surface area contributed by atoms with Gasteiger partial charge in [0.05, 0.1) is 26.9 Å². The van der Waals surface area contributed by atoms with Gasteiger partial charge < -0.3 is 23.4 Å². The molecule has 1 aromatic heterocycles. The van der Waals surface area contributed by atoms with Gasteiger partial charge in [0.25, 0.3) is 0 Å². The Labute approximate surface area is 159 Å². The fraction of sp³-hybridized carbons (Fsp3) is 0.250. The molecule has 8 heteroatoms. The number of esters is 1. The molecule has 0 aliphatic heterocycles. The van der Waals surface area contributed by atoms with Crippen LogP contribution in [0.1, 0.15) is 11.1 Å². The SMILES string of the molecule is COc1ccc2c(CC(=O)OCc3ccc(OC(F)F)c(OC)c3)coc2c1. The number of furan rings is 1. The third-order valence-electron chi connectivity index (χ3n) is 4.04. The summed E-state index contributed by atoms with van der Waals surface area (Å²) in [5.41, 5.74) is 1.89. The number of fused-ring (bicyclic) bond motifs is 1. The number of methoxy groups -OCH3 is 2. The Kier molecular flexibility index (Phi) is 5.98. The number of halogens is 2. The molecule has 0 amide bonds. The Morgan fingerprint density at radius 2 is 1.89 bits per heavy atom. The maximum absolute atomic E-state index is 12.4. The van der Waals surface area contributed by atoms with Crippen LogP contribution < -0.4 is 14.2 Å². The van der Waals surface area contributed by atoms with Crippen LogP contribution in [0.4, 0.5) is 8.78 Å². The molecule has 28 heavy (non-hydrogen) atoms. The average Bonchev–Trinajstić information content (AvgIpc) is 3.08. The Morgan fingerprint density at radius 1 is 1.07 bits per heavy atom. The van der Waals surface area contributed by atoms with Gasteiger partial charge in [0.1, 0.15) is 17.9 Å². The summed E-state index contributed by atoms with van der Waals surface area (Å²) in [6.45, 7) is -2.99. The molecule has 0 saturated carbocycles. The lowest BCUT2D eigenvalue weighted by molar-refractivity contribution is -0.144. The molecule has 0 atom stereocenters. The number of carbonyl (C=O) groups is 1. The molecule has 3 rings (SSSR count). The van der Waals surface area contributed by atoms with Crippen LogP contribution in [0.15, 0.2) is 47.1 Å². The van der Waals surface area contributed by atoms with Gasteiger partial charge in [-0.25, -0.2) is 0 Å². The van der Waals surface area contributed by atoms with Gasteiger partial charge in [0.2, 0.25) is 0 Å². The van der Waals surface area contributed by atoms with Crippen LogP contribution in [0.2, 0.25) is 0 Å². The molecule has 0 radical (unpaired) electrons. The minimum atomic E-state index is -2.96. The molecule has 148 valence electrons. The molecule has 0 aliphatic rings. The summed E-state index contributed by atoms with van der Waals surface area (Å²) in [6, 6.07) is 9.66. The summed E-state index contributed by atoms with van der Waals surface area (Å²) in [6.07, 6.45) is 1.54. The van der Waals surface area contributed by atoms with Crippen LogP contribution in [0.25, 0.3) is 11.0 Å². The molecule has 2 aromatic carbocycles. The van der Waals surface area contributed by atoms with Crippen LogP contribution in [0.5, 0.6) is 17.2 Å². The zero-order valence-corrected chi connectivity index (χ0v) is 15.2. The van der Waals surface area contributed by atoms with Gasteiger partial charge in [-0.1, -0.05) is 6.07 Å². The highest BCUT2D eigenvalue weighted by molar-refractivity contribution is 5.86. The maximum Gasteiger partial charge on any atom is 0.387 e. The van der Waals surface area contributed by atoms with E-state index in [1.807, 2.05) is 6.07 Å². The largest absolute Gasteiger partial charge is 0.497 e. The van der Waals surface area contributed by atoms with E-state index in [1.165, 1.54) is 31.6 Å². The predicted molar refractivity (Wildman–Crippen MR) is 95.9 cm³/mol. The topological polar surface area (TPSA) is 67.1 Å². The molecule has 0 saturated heterocycles. The van der Waals surface area contributed by atoms with Crippen molar-refractivity contribution in [3.05, 3.63) is 53.8 Å². The van der Waals surface area contributed by atoms with Gasteiger partial charge in [0, 0.05) is 17.0 Å². The van der Waals surface area contributed by atoms with E-state index >= 15 is 0 Å². The van der Waals surface area contributed by atoms with Crippen LogP contribution in [0, 0.1) is 0 Å². The molecule has 0 spiro atoms.